The molecule has 2 fully saturated rings. The van der Waals surface area contributed by atoms with Gasteiger partial charge in [-0.2, -0.15) is 48.3 Å². The quantitative estimate of drug-likeness (QED) is 0.132. The molecule has 270 valence electrons. The number of aliphatic hydroxyl groups is 1. The number of halogens is 11. The van der Waals surface area contributed by atoms with E-state index in [0.717, 1.165) is 0 Å². The van der Waals surface area contributed by atoms with Gasteiger partial charge in [0.1, 0.15) is 17.6 Å². The second-order valence-corrected chi connectivity index (χ2v) is 12.2. The van der Waals surface area contributed by atoms with Crippen LogP contribution in [0.25, 0.3) is 0 Å². The van der Waals surface area contributed by atoms with Crippen molar-refractivity contribution in [2.45, 2.75) is 82.2 Å². The van der Waals surface area contributed by atoms with E-state index in [4.69, 9.17) is 14.2 Å². The molecule has 9 nitrogen and oxygen atoms in total. The van der Waals surface area contributed by atoms with E-state index in [9.17, 15) is 54.2 Å². The first-order valence-corrected chi connectivity index (χ1v) is 14.3. The van der Waals surface area contributed by atoms with Crippen molar-refractivity contribution in [1.82, 2.24) is 9.80 Å². The van der Waals surface area contributed by atoms with Crippen molar-refractivity contribution < 1.29 is 77.2 Å². The molecule has 3 heterocycles. The molecule has 20 heteroatoms. The number of nitrogens with zero attached hydrogens (tertiary/aromatic N) is 3. The van der Waals surface area contributed by atoms with Crippen molar-refractivity contribution in [3.63, 3.8) is 0 Å². The molecule has 3 rings (SSSR count). The molecule has 0 radical (unpaired) electrons. The van der Waals surface area contributed by atoms with Crippen LogP contribution in [-0.4, -0.2) is 127 Å². The van der Waals surface area contributed by atoms with Crippen LogP contribution in [0.3, 0.4) is 0 Å². The van der Waals surface area contributed by atoms with E-state index in [-0.39, 0.29) is 19.6 Å². The molecule has 0 unspecified atom stereocenters. The van der Waals surface area contributed by atoms with Gasteiger partial charge in [0.15, 0.2) is 0 Å². The number of hydrogen-bond acceptors (Lipinski definition) is 8. The van der Waals surface area contributed by atoms with Crippen molar-refractivity contribution in [1.29, 1.82) is 0 Å². The third-order valence-corrected chi connectivity index (χ3v) is 7.83. The summed E-state index contributed by atoms with van der Waals surface area (Å²) in [5, 5.41) is 11.3. The number of ether oxygens (including phenoxy) is 3. The summed E-state index contributed by atoms with van der Waals surface area (Å²) < 4.78 is 168. The number of esters is 1. The van der Waals surface area contributed by atoms with Gasteiger partial charge in [0, 0.05) is 31.6 Å². The van der Waals surface area contributed by atoms with Gasteiger partial charge in [-0.15, -0.1) is 0 Å². The fourth-order valence-corrected chi connectivity index (χ4v) is 5.32. The molecule has 0 aromatic heterocycles. The number of fused-ring (bicyclic) bond motifs is 1. The summed E-state index contributed by atoms with van der Waals surface area (Å²) >= 11 is 0. The number of alkyl halides is 11. The smallest absolute Gasteiger partial charge is 0.460 e. The van der Waals surface area contributed by atoms with Gasteiger partial charge in [-0.25, -0.2) is 4.79 Å². The van der Waals surface area contributed by atoms with Crippen molar-refractivity contribution in [2.75, 3.05) is 52.6 Å². The third-order valence-electron chi connectivity index (χ3n) is 7.83. The van der Waals surface area contributed by atoms with Crippen molar-refractivity contribution in [3.05, 3.63) is 11.3 Å². The number of carbonyl (C=O) groups excluding carboxylic acids is 2. The summed E-state index contributed by atoms with van der Waals surface area (Å²) in [6.45, 7) is 5.77. The first kappa shape index (κ1) is 38.7. The van der Waals surface area contributed by atoms with E-state index in [2.05, 4.69) is 4.99 Å². The van der Waals surface area contributed by atoms with Crippen LogP contribution in [0.2, 0.25) is 0 Å². The van der Waals surface area contributed by atoms with Crippen LogP contribution >= 0.6 is 0 Å². The number of morpholine rings is 1. The largest absolute Gasteiger partial charge is 0.508 e. The highest BCUT2D eigenvalue weighted by molar-refractivity contribution is 6.26. The summed E-state index contributed by atoms with van der Waals surface area (Å²) in [5.74, 6) is -33.4. The predicted octanol–water partition coefficient (Wildman–Crippen LogP) is 5.00. The van der Waals surface area contributed by atoms with Crippen LogP contribution in [-0.2, 0) is 23.8 Å². The molecule has 47 heavy (non-hydrogen) atoms. The lowest BCUT2D eigenvalue weighted by Gasteiger charge is -2.37. The minimum atomic E-state index is -7.70. The Hall–Kier alpha value is -2.74. The fraction of sp³-hybridized carbons (Fsp3) is 0.815. The van der Waals surface area contributed by atoms with Crippen LogP contribution in [0.4, 0.5) is 48.3 Å². The highest BCUT2D eigenvalue weighted by Gasteiger charge is 2.87. The van der Waals surface area contributed by atoms with Crippen LogP contribution in [0.5, 0.6) is 0 Å². The monoisotopic (exact) mass is 705 g/mol. The van der Waals surface area contributed by atoms with Crippen molar-refractivity contribution >= 4 is 17.6 Å². The van der Waals surface area contributed by atoms with E-state index < -0.39 is 95.5 Å². The average Bonchev–Trinajstić information content (AvgIpc) is 3.46. The Balaban J connectivity index is 2.14. The Morgan fingerprint density at radius 2 is 1.55 bits per heavy atom. The summed E-state index contributed by atoms with van der Waals surface area (Å²) in [5.41, 5.74) is -6.54. The Bertz CT molecular complexity index is 1260. The lowest BCUT2D eigenvalue weighted by Crippen LogP contribution is -2.66. The Labute approximate surface area is 261 Å². The third kappa shape index (κ3) is 6.52. The summed E-state index contributed by atoms with van der Waals surface area (Å²) in [4.78, 5) is 33.0. The topological polar surface area (TPSA) is 101 Å². The van der Waals surface area contributed by atoms with Gasteiger partial charge < -0.3 is 19.3 Å². The molecule has 0 saturated carbocycles. The summed E-state index contributed by atoms with van der Waals surface area (Å²) in [6, 6.07) is 0. The molecule has 0 aromatic carbocycles. The first-order chi connectivity index (χ1) is 21.3. The number of rotatable bonds is 12. The predicted molar refractivity (Wildman–Crippen MR) is 140 cm³/mol. The molecule has 3 aliphatic rings. The van der Waals surface area contributed by atoms with Gasteiger partial charge >= 0.3 is 35.8 Å². The van der Waals surface area contributed by atoms with Gasteiger partial charge in [0.25, 0.3) is 5.91 Å². The molecule has 1 amide bonds. The van der Waals surface area contributed by atoms with Crippen molar-refractivity contribution in [3.8, 4) is 0 Å². The van der Waals surface area contributed by atoms with E-state index in [1.807, 2.05) is 4.90 Å². The number of carbonyl (C=O) groups is 2. The summed E-state index contributed by atoms with van der Waals surface area (Å²) in [7, 11) is 0. The van der Waals surface area contributed by atoms with E-state index in [0.29, 0.717) is 31.2 Å². The van der Waals surface area contributed by atoms with E-state index in [1.165, 1.54) is 27.7 Å². The lowest BCUT2D eigenvalue weighted by molar-refractivity contribution is -0.421. The average molecular weight is 706 g/mol. The summed E-state index contributed by atoms with van der Waals surface area (Å²) in [6.07, 6.45) is -11.6. The number of hydrogen-bond donors (Lipinski definition) is 1. The minimum Gasteiger partial charge on any atom is -0.508 e. The molecule has 2 saturated heterocycles. The van der Waals surface area contributed by atoms with Crippen molar-refractivity contribution in [2.24, 2.45) is 10.4 Å². The fourth-order valence-electron chi connectivity index (χ4n) is 5.32. The van der Waals surface area contributed by atoms with E-state index in [1.54, 1.807) is 0 Å². The van der Waals surface area contributed by atoms with E-state index >= 15 is 8.78 Å². The van der Waals surface area contributed by atoms with Gasteiger partial charge in [-0.3, -0.25) is 19.6 Å². The Morgan fingerprint density at radius 1 is 0.979 bits per heavy atom. The molecule has 0 aliphatic carbocycles. The number of aliphatic hydroxyl groups excluding tert-OH is 1. The first-order valence-electron chi connectivity index (χ1n) is 14.3. The Morgan fingerprint density at radius 3 is 2.06 bits per heavy atom. The lowest BCUT2D eigenvalue weighted by atomic mass is 9.91. The maximum Gasteiger partial charge on any atom is 0.460 e. The number of amides is 1. The second kappa shape index (κ2) is 12.9. The van der Waals surface area contributed by atoms with Gasteiger partial charge in [-0.05, 0) is 13.3 Å². The maximum absolute atomic E-state index is 15.1. The molecule has 3 aliphatic heterocycles. The van der Waals surface area contributed by atoms with Crippen LogP contribution in [0.15, 0.2) is 16.3 Å². The zero-order valence-electron chi connectivity index (χ0n) is 25.6. The molecule has 0 spiro atoms. The van der Waals surface area contributed by atoms with Gasteiger partial charge in [0.2, 0.25) is 5.54 Å². The van der Waals surface area contributed by atoms with Crippen LogP contribution in [0, 0.1) is 5.41 Å². The molecular weight excluding hydrogens is 671 g/mol. The van der Waals surface area contributed by atoms with Crippen LogP contribution in [0.1, 0.15) is 40.5 Å². The second-order valence-electron chi connectivity index (χ2n) is 12.2. The van der Waals surface area contributed by atoms with Gasteiger partial charge in [0.05, 0.1) is 38.6 Å². The molecule has 1 N–H and O–H groups in total. The van der Waals surface area contributed by atoms with Crippen LogP contribution < -0.4 is 0 Å². The zero-order chi connectivity index (χ0) is 36.0. The SMILES string of the molecule is CCOC(=O)[C@]12CO[C@H](C(C)(C)C)N1C(=O)C(C(CC(F)(F)C(F)(F)C(F)(F)C(F)(F)C(F)(F)F)=NCCCN1CCOCC1)=C2O. The molecular formula is C27H34F11N3O6. The Kier molecular flexibility index (Phi) is 10.7. The highest BCUT2D eigenvalue weighted by Crippen LogP contribution is 2.58. The highest BCUT2D eigenvalue weighted by atomic mass is 19.4. The molecule has 2 atom stereocenters. The zero-order valence-corrected chi connectivity index (χ0v) is 25.6. The molecule has 0 bridgehead atoms. The normalized spacial score (nSPS) is 24.3. The molecule has 0 aromatic rings. The van der Waals surface area contributed by atoms with Gasteiger partial charge in [-0.1, -0.05) is 20.8 Å². The standard InChI is InChI=1S/C27H34F11N3O6/c1-5-46-20(44)22-14-47-19(21(2,3)4)41(22)18(43)16(17(22)42)15(39-7-6-8-40-9-11-45-12-10-40)13-23(28,29)24(30,31)25(32,33)26(34,35)27(36,37)38/h19,42H,5-14H2,1-4H3/t19-,22-/m1/s1. The number of aliphatic imine (C=N–C) groups is 1. The maximum atomic E-state index is 15.1. The minimum absolute atomic E-state index is 0.0452.